The van der Waals surface area contributed by atoms with Crippen LogP contribution in [0.15, 0.2) is 17.3 Å². The molecule has 7 nitrogen and oxygen atoms in total. The molecule has 2 N–H and O–H groups in total. The molecule has 0 spiro atoms. The van der Waals surface area contributed by atoms with Gasteiger partial charge >= 0.3 is 0 Å². The minimum atomic E-state index is 0. The monoisotopic (exact) mass is 449 g/mol. The number of rotatable bonds is 6. The lowest BCUT2D eigenvalue weighted by atomic mass is 10.2. The smallest absolute Gasteiger partial charge is 0.191 e. The lowest BCUT2D eigenvalue weighted by Gasteiger charge is -2.36. The van der Waals surface area contributed by atoms with Crippen molar-refractivity contribution in [3.8, 4) is 0 Å². The molecular formula is C16H32IN7. The summed E-state index contributed by atoms with van der Waals surface area (Å²) in [6.45, 7) is 11.4. The van der Waals surface area contributed by atoms with Crippen LogP contribution >= 0.6 is 24.0 Å². The van der Waals surface area contributed by atoms with Gasteiger partial charge in [-0.3, -0.25) is 9.58 Å². The summed E-state index contributed by atoms with van der Waals surface area (Å²) >= 11 is 0. The van der Waals surface area contributed by atoms with Gasteiger partial charge in [0.25, 0.3) is 0 Å². The van der Waals surface area contributed by atoms with Crippen molar-refractivity contribution in [3.05, 3.63) is 18.0 Å². The average molecular weight is 449 g/mol. The topological polar surface area (TPSA) is 60.7 Å². The molecule has 1 aromatic rings. The van der Waals surface area contributed by atoms with Gasteiger partial charge in [0.1, 0.15) is 0 Å². The SMILES string of the molecule is CCNC(=NCc1ccnn1C)NCC(C)N1CCN(C)CC1.I. The maximum Gasteiger partial charge on any atom is 0.191 e. The third kappa shape index (κ3) is 6.56. The molecule has 1 aromatic heterocycles. The highest BCUT2D eigenvalue weighted by atomic mass is 127. The van der Waals surface area contributed by atoms with Crippen LogP contribution in [0, 0.1) is 0 Å². The number of likely N-dealkylation sites (N-methyl/N-ethyl adjacent to an activating group) is 1. The summed E-state index contributed by atoms with van der Waals surface area (Å²) in [6, 6.07) is 2.50. The Kier molecular flexibility index (Phi) is 9.60. The van der Waals surface area contributed by atoms with Crippen LogP contribution in [0.5, 0.6) is 0 Å². The van der Waals surface area contributed by atoms with Crippen LogP contribution < -0.4 is 10.6 Å². The molecule has 0 saturated carbocycles. The average Bonchev–Trinajstić information content (AvgIpc) is 2.95. The first kappa shape index (κ1) is 21.2. The zero-order valence-electron chi connectivity index (χ0n) is 15.3. The normalized spacial score (nSPS) is 18.1. The molecule has 1 aliphatic heterocycles. The van der Waals surface area contributed by atoms with Crippen LogP contribution in [0.4, 0.5) is 0 Å². The summed E-state index contributed by atoms with van der Waals surface area (Å²) in [5.41, 5.74) is 1.11. The molecule has 0 amide bonds. The lowest BCUT2D eigenvalue weighted by molar-refractivity contribution is 0.120. The number of nitrogens with zero attached hydrogens (tertiary/aromatic N) is 5. The predicted octanol–water partition coefficient (Wildman–Crippen LogP) is 0.729. The van der Waals surface area contributed by atoms with Crippen LogP contribution in [-0.2, 0) is 13.6 Å². The molecule has 1 fully saturated rings. The van der Waals surface area contributed by atoms with Crippen molar-refractivity contribution in [2.45, 2.75) is 26.4 Å². The molecule has 0 radical (unpaired) electrons. The van der Waals surface area contributed by atoms with E-state index in [4.69, 9.17) is 0 Å². The zero-order valence-corrected chi connectivity index (χ0v) is 17.7. The highest BCUT2D eigenvalue weighted by molar-refractivity contribution is 14.0. The van der Waals surface area contributed by atoms with E-state index in [0.29, 0.717) is 12.6 Å². The number of aromatic nitrogens is 2. The van der Waals surface area contributed by atoms with Crippen molar-refractivity contribution < 1.29 is 0 Å². The van der Waals surface area contributed by atoms with Gasteiger partial charge in [-0.25, -0.2) is 4.99 Å². The second-order valence-electron chi connectivity index (χ2n) is 6.21. The lowest BCUT2D eigenvalue weighted by Crippen LogP contribution is -2.52. The molecule has 1 atom stereocenters. The van der Waals surface area contributed by atoms with Gasteiger partial charge in [-0.1, -0.05) is 0 Å². The maximum atomic E-state index is 4.65. The second kappa shape index (κ2) is 10.9. The molecule has 0 aliphatic carbocycles. The van der Waals surface area contributed by atoms with Gasteiger partial charge in [-0.05, 0) is 27.0 Å². The van der Waals surface area contributed by atoms with E-state index in [1.54, 1.807) is 6.20 Å². The van der Waals surface area contributed by atoms with Crippen molar-refractivity contribution in [1.82, 2.24) is 30.2 Å². The first-order chi connectivity index (χ1) is 11.1. The first-order valence-corrected chi connectivity index (χ1v) is 8.51. The highest BCUT2D eigenvalue weighted by Crippen LogP contribution is 2.04. The molecule has 24 heavy (non-hydrogen) atoms. The molecule has 1 aliphatic rings. The Morgan fingerprint density at radius 3 is 2.54 bits per heavy atom. The Hall–Kier alpha value is -0.870. The zero-order chi connectivity index (χ0) is 16.7. The summed E-state index contributed by atoms with van der Waals surface area (Å²) in [5.74, 6) is 0.870. The van der Waals surface area contributed by atoms with E-state index in [0.717, 1.165) is 50.9 Å². The molecule has 1 unspecified atom stereocenters. The third-order valence-corrected chi connectivity index (χ3v) is 4.39. The fourth-order valence-corrected chi connectivity index (χ4v) is 2.69. The van der Waals surface area contributed by atoms with Gasteiger partial charge < -0.3 is 15.5 Å². The number of halogens is 1. The summed E-state index contributed by atoms with van der Waals surface area (Å²) in [7, 11) is 4.13. The van der Waals surface area contributed by atoms with Crippen molar-refractivity contribution in [1.29, 1.82) is 0 Å². The number of piperazine rings is 1. The van der Waals surface area contributed by atoms with Gasteiger partial charge in [0.15, 0.2) is 5.96 Å². The number of nitrogens with one attached hydrogen (secondary N) is 2. The number of guanidine groups is 1. The van der Waals surface area contributed by atoms with E-state index in [9.17, 15) is 0 Å². The Morgan fingerprint density at radius 2 is 1.96 bits per heavy atom. The quantitative estimate of drug-likeness (QED) is 0.381. The van der Waals surface area contributed by atoms with Crippen LogP contribution in [0.25, 0.3) is 0 Å². The summed E-state index contributed by atoms with van der Waals surface area (Å²) in [4.78, 5) is 9.58. The van der Waals surface area contributed by atoms with E-state index in [1.807, 2.05) is 17.8 Å². The van der Waals surface area contributed by atoms with E-state index in [1.165, 1.54) is 0 Å². The van der Waals surface area contributed by atoms with Gasteiger partial charge in [-0.2, -0.15) is 5.10 Å². The predicted molar refractivity (Wildman–Crippen MR) is 110 cm³/mol. The van der Waals surface area contributed by atoms with Crippen LogP contribution in [0.1, 0.15) is 19.5 Å². The van der Waals surface area contributed by atoms with Crippen LogP contribution in [0.3, 0.4) is 0 Å². The Morgan fingerprint density at radius 1 is 1.25 bits per heavy atom. The number of hydrogen-bond acceptors (Lipinski definition) is 4. The van der Waals surface area contributed by atoms with Crippen molar-refractivity contribution in [2.75, 3.05) is 46.3 Å². The van der Waals surface area contributed by atoms with Gasteiger partial charge in [0, 0.05) is 58.6 Å². The molecule has 138 valence electrons. The second-order valence-corrected chi connectivity index (χ2v) is 6.21. The Labute approximate surface area is 162 Å². The van der Waals surface area contributed by atoms with Crippen molar-refractivity contribution in [2.24, 2.45) is 12.0 Å². The van der Waals surface area contributed by atoms with Crippen molar-refractivity contribution in [3.63, 3.8) is 0 Å². The Balaban J connectivity index is 0.00000288. The van der Waals surface area contributed by atoms with E-state index in [2.05, 4.69) is 51.4 Å². The van der Waals surface area contributed by atoms with Gasteiger partial charge in [0.05, 0.1) is 12.2 Å². The Bertz CT molecular complexity index is 494. The number of aryl methyl sites for hydroxylation is 1. The van der Waals surface area contributed by atoms with Gasteiger partial charge in [-0.15, -0.1) is 24.0 Å². The summed E-state index contributed by atoms with van der Waals surface area (Å²) in [5, 5.41) is 11.0. The molecule has 0 aromatic carbocycles. The summed E-state index contributed by atoms with van der Waals surface area (Å²) < 4.78 is 1.86. The van der Waals surface area contributed by atoms with Crippen LogP contribution in [0.2, 0.25) is 0 Å². The fourth-order valence-electron chi connectivity index (χ4n) is 2.69. The standard InChI is InChI=1S/C16H31N7.HI/c1-5-17-16(19-13-15-6-7-20-22(15)4)18-12-14(2)23-10-8-21(3)9-11-23;/h6-7,14H,5,8-13H2,1-4H3,(H2,17,18,19);1H. The largest absolute Gasteiger partial charge is 0.357 e. The van der Waals surface area contributed by atoms with Crippen molar-refractivity contribution >= 4 is 29.9 Å². The number of hydrogen-bond donors (Lipinski definition) is 2. The molecule has 2 rings (SSSR count). The molecular weight excluding hydrogens is 417 g/mol. The minimum absolute atomic E-state index is 0. The third-order valence-electron chi connectivity index (χ3n) is 4.39. The summed E-state index contributed by atoms with van der Waals surface area (Å²) in [6.07, 6.45) is 1.81. The van der Waals surface area contributed by atoms with E-state index >= 15 is 0 Å². The minimum Gasteiger partial charge on any atom is -0.357 e. The molecule has 0 bridgehead atoms. The van der Waals surface area contributed by atoms with E-state index in [-0.39, 0.29) is 24.0 Å². The molecule has 1 saturated heterocycles. The van der Waals surface area contributed by atoms with Crippen LogP contribution in [-0.4, -0.2) is 77.9 Å². The highest BCUT2D eigenvalue weighted by Gasteiger charge is 2.19. The first-order valence-electron chi connectivity index (χ1n) is 8.51. The van der Waals surface area contributed by atoms with E-state index < -0.39 is 0 Å². The number of aliphatic imine (C=N–C) groups is 1. The van der Waals surface area contributed by atoms with Gasteiger partial charge in [0.2, 0.25) is 0 Å². The molecule has 2 heterocycles. The fraction of sp³-hybridized carbons (Fsp3) is 0.750. The molecule has 8 heteroatoms. The maximum absolute atomic E-state index is 4.65.